The smallest absolute Gasteiger partial charge is 0.232 e. The molecule has 0 unspecified atom stereocenters. The summed E-state index contributed by atoms with van der Waals surface area (Å²) in [5.41, 5.74) is 1.55. The van der Waals surface area contributed by atoms with Crippen LogP contribution in [0, 0.1) is 11.8 Å². The van der Waals surface area contributed by atoms with E-state index in [-0.39, 0.29) is 5.41 Å². The summed E-state index contributed by atoms with van der Waals surface area (Å²) in [5, 5.41) is 7.55. The molecule has 2 saturated heterocycles. The quantitative estimate of drug-likeness (QED) is 0.444. The molecular weight excluding hydrogens is 476 g/mol. The van der Waals surface area contributed by atoms with Gasteiger partial charge in [0.05, 0.1) is 0 Å². The molecule has 1 aromatic heterocycles. The minimum atomic E-state index is 0.133. The zero-order chi connectivity index (χ0) is 25.7. The Morgan fingerprint density at radius 3 is 1.95 bits per heavy atom. The van der Waals surface area contributed by atoms with Crippen molar-refractivity contribution < 1.29 is 0 Å². The highest BCUT2D eigenvalue weighted by Crippen LogP contribution is 2.39. The second-order valence-electron chi connectivity index (χ2n) is 11.8. The van der Waals surface area contributed by atoms with E-state index < -0.39 is 0 Å². The van der Waals surface area contributed by atoms with E-state index in [1.165, 1.54) is 63.4 Å². The maximum absolute atomic E-state index is 5.81. The Morgan fingerprint density at radius 1 is 0.865 bits per heavy atom. The summed E-state index contributed by atoms with van der Waals surface area (Å²) in [6, 6.07) is 13.2. The van der Waals surface area contributed by atoms with E-state index in [4.69, 9.17) is 22.2 Å². The third-order valence-electron chi connectivity index (χ3n) is 8.92. The van der Waals surface area contributed by atoms with E-state index >= 15 is 0 Å². The molecular formula is C30H44N6S. The summed E-state index contributed by atoms with van der Waals surface area (Å²) >= 11 is 5.81. The monoisotopic (exact) mass is 520 g/mol. The lowest BCUT2D eigenvalue weighted by molar-refractivity contribution is 0.292. The van der Waals surface area contributed by atoms with Gasteiger partial charge in [0, 0.05) is 44.2 Å². The number of hydrogen-bond donors (Lipinski definition) is 2. The van der Waals surface area contributed by atoms with E-state index in [1.807, 2.05) is 0 Å². The van der Waals surface area contributed by atoms with Gasteiger partial charge in [0.15, 0.2) is 5.11 Å². The number of anilines is 3. The van der Waals surface area contributed by atoms with Crippen molar-refractivity contribution >= 4 is 34.9 Å². The standard InChI is InChI=1S/C30H44N6S/c1-23-11-17-35(18-12-23)26-21-27(36-19-13-24(2)14-20-36)33-28(32-26)34-29(37)31-22-30(15-7-4-8-16-30)25-9-5-3-6-10-25/h3,5-6,9-10,21,23-24H,4,7-8,11-20,22H2,1-2H3,(H2,31,32,33,34,37). The molecule has 0 atom stereocenters. The van der Waals surface area contributed by atoms with Crippen LogP contribution in [0.5, 0.6) is 0 Å². The highest BCUT2D eigenvalue weighted by Gasteiger charge is 2.34. The van der Waals surface area contributed by atoms with Gasteiger partial charge in [0.1, 0.15) is 11.6 Å². The van der Waals surface area contributed by atoms with Gasteiger partial charge in [0.25, 0.3) is 0 Å². The van der Waals surface area contributed by atoms with E-state index in [0.29, 0.717) is 11.1 Å². The zero-order valence-electron chi connectivity index (χ0n) is 22.7. The lowest BCUT2D eigenvalue weighted by Crippen LogP contribution is -2.43. The van der Waals surface area contributed by atoms with Crippen molar-refractivity contribution in [1.29, 1.82) is 0 Å². The number of piperidine rings is 2. The molecule has 2 N–H and O–H groups in total. The highest BCUT2D eigenvalue weighted by molar-refractivity contribution is 7.80. The Hall–Kier alpha value is -2.41. The average Bonchev–Trinajstić information content (AvgIpc) is 2.93. The fraction of sp³-hybridized carbons (Fsp3) is 0.633. The van der Waals surface area contributed by atoms with E-state index in [0.717, 1.165) is 56.2 Å². The van der Waals surface area contributed by atoms with Crippen LogP contribution in [0.25, 0.3) is 0 Å². The molecule has 7 heteroatoms. The Kier molecular flexibility index (Phi) is 8.48. The molecule has 37 heavy (non-hydrogen) atoms. The summed E-state index contributed by atoms with van der Waals surface area (Å²) in [6.45, 7) is 9.75. The number of hydrogen-bond acceptors (Lipinski definition) is 5. The predicted molar refractivity (Wildman–Crippen MR) is 159 cm³/mol. The van der Waals surface area contributed by atoms with Crippen LogP contribution in [-0.2, 0) is 5.41 Å². The van der Waals surface area contributed by atoms with Crippen LogP contribution < -0.4 is 20.4 Å². The first kappa shape index (κ1) is 26.2. The Bertz CT molecular complexity index is 981. The van der Waals surface area contributed by atoms with Crippen molar-refractivity contribution in [2.24, 2.45) is 11.8 Å². The molecule has 200 valence electrons. The van der Waals surface area contributed by atoms with Crippen LogP contribution in [-0.4, -0.2) is 47.8 Å². The van der Waals surface area contributed by atoms with Crippen molar-refractivity contribution in [1.82, 2.24) is 15.3 Å². The lowest BCUT2D eigenvalue weighted by Gasteiger charge is -2.38. The summed E-state index contributed by atoms with van der Waals surface area (Å²) in [5.74, 6) is 4.22. The highest BCUT2D eigenvalue weighted by atomic mass is 32.1. The minimum Gasteiger partial charge on any atom is -0.361 e. The van der Waals surface area contributed by atoms with Crippen molar-refractivity contribution in [3.63, 3.8) is 0 Å². The largest absolute Gasteiger partial charge is 0.361 e. The van der Waals surface area contributed by atoms with Crippen LogP contribution in [0.15, 0.2) is 36.4 Å². The van der Waals surface area contributed by atoms with E-state index in [9.17, 15) is 0 Å². The van der Waals surface area contributed by atoms with Crippen molar-refractivity contribution in [3.05, 3.63) is 42.0 Å². The van der Waals surface area contributed by atoms with Gasteiger partial charge in [0.2, 0.25) is 5.95 Å². The normalized spacial score (nSPS) is 21.0. The molecule has 1 aliphatic carbocycles. The number of nitrogens with one attached hydrogen (secondary N) is 2. The Balaban J connectivity index is 1.31. The van der Waals surface area contributed by atoms with Gasteiger partial charge < -0.3 is 20.4 Å². The van der Waals surface area contributed by atoms with Crippen LogP contribution in [0.2, 0.25) is 0 Å². The zero-order valence-corrected chi connectivity index (χ0v) is 23.5. The van der Waals surface area contributed by atoms with E-state index in [1.54, 1.807) is 0 Å². The first-order valence-corrected chi connectivity index (χ1v) is 14.9. The molecule has 6 nitrogen and oxygen atoms in total. The second kappa shape index (κ2) is 12.0. The number of thiocarbonyl (C=S) groups is 1. The van der Waals surface area contributed by atoms with Crippen LogP contribution >= 0.6 is 12.2 Å². The Morgan fingerprint density at radius 2 is 1.41 bits per heavy atom. The molecule has 5 rings (SSSR count). The molecule has 0 amide bonds. The first-order valence-electron chi connectivity index (χ1n) is 14.5. The second-order valence-corrected chi connectivity index (χ2v) is 12.2. The minimum absolute atomic E-state index is 0.133. The van der Waals surface area contributed by atoms with E-state index in [2.05, 4.69) is 70.7 Å². The third-order valence-corrected chi connectivity index (χ3v) is 9.17. The van der Waals surface area contributed by atoms with Crippen LogP contribution in [0.3, 0.4) is 0 Å². The average molecular weight is 521 g/mol. The Labute approximate surface area is 228 Å². The maximum atomic E-state index is 5.81. The molecule has 2 aliphatic heterocycles. The van der Waals surface area contributed by atoms with Crippen LogP contribution in [0.4, 0.5) is 17.6 Å². The fourth-order valence-corrected chi connectivity index (χ4v) is 6.42. The van der Waals surface area contributed by atoms with Gasteiger partial charge in [-0.2, -0.15) is 9.97 Å². The molecule has 2 aromatic rings. The topological polar surface area (TPSA) is 56.3 Å². The predicted octanol–water partition coefficient (Wildman–Crippen LogP) is 6.14. The van der Waals surface area contributed by atoms with Gasteiger partial charge in [-0.3, -0.25) is 0 Å². The molecule has 1 saturated carbocycles. The van der Waals surface area contributed by atoms with Crippen LogP contribution in [0.1, 0.15) is 77.2 Å². The molecule has 3 heterocycles. The first-order chi connectivity index (χ1) is 18.0. The SMILES string of the molecule is CC1CCN(c2cc(N3CCC(C)CC3)nc(NC(=S)NCC3(c4ccccc4)CCCCC3)n2)CC1. The fourth-order valence-electron chi connectivity index (χ4n) is 6.26. The van der Waals surface area contributed by atoms with Gasteiger partial charge in [-0.05, 0) is 68.1 Å². The van der Waals surface area contributed by atoms with Crippen molar-refractivity contribution in [2.45, 2.75) is 77.0 Å². The molecule has 1 aromatic carbocycles. The molecule has 3 fully saturated rings. The summed E-state index contributed by atoms with van der Waals surface area (Å²) in [6.07, 6.45) is 11.1. The maximum Gasteiger partial charge on any atom is 0.232 e. The van der Waals surface area contributed by atoms with Crippen molar-refractivity contribution in [2.75, 3.05) is 47.8 Å². The summed E-state index contributed by atoms with van der Waals surface area (Å²) in [4.78, 5) is 14.7. The number of nitrogens with zero attached hydrogens (tertiary/aromatic N) is 4. The molecule has 3 aliphatic rings. The lowest BCUT2D eigenvalue weighted by atomic mass is 9.69. The van der Waals surface area contributed by atoms with Crippen molar-refractivity contribution in [3.8, 4) is 0 Å². The summed E-state index contributed by atoms with van der Waals surface area (Å²) < 4.78 is 0. The summed E-state index contributed by atoms with van der Waals surface area (Å²) in [7, 11) is 0. The number of benzene rings is 1. The number of rotatable bonds is 6. The number of aromatic nitrogens is 2. The van der Waals surface area contributed by atoms with Gasteiger partial charge in [-0.1, -0.05) is 63.4 Å². The van der Waals surface area contributed by atoms with Gasteiger partial charge in [-0.15, -0.1) is 0 Å². The van der Waals surface area contributed by atoms with Gasteiger partial charge in [-0.25, -0.2) is 0 Å². The molecule has 0 radical (unpaired) electrons. The molecule has 0 spiro atoms. The third kappa shape index (κ3) is 6.54. The van der Waals surface area contributed by atoms with Gasteiger partial charge >= 0.3 is 0 Å². The molecule has 0 bridgehead atoms.